The molecule has 6 heteroatoms. The summed E-state index contributed by atoms with van der Waals surface area (Å²) in [5.41, 5.74) is 4.06. The first kappa shape index (κ1) is 16.7. The van der Waals surface area contributed by atoms with Crippen molar-refractivity contribution < 1.29 is 9.53 Å². The Labute approximate surface area is 152 Å². The van der Waals surface area contributed by atoms with E-state index in [1.165, 1.54) is 0 Å². The summed E-state index contributed by atoms with van der Waals surface area (Å²) in [6.45, 7) is 6.04. The second-order valence-electron chi connectivity index (χ2n) is 7.36. The van der Waals surface area contributed by atoms with Gasteiger partial charge < -0.3 is 10.1 Å². The number of carbonyl (C=O) groups is 1. The minimum atomic E-state index is -0.0838. The van der Waals surface area contributed by atoms with Gasteiger partial charge in [-0.15, -0.1) is 0 Å². The molecule has 0 aliphatic carbocycles. The number of nitrogens with zero attached hydrogens (tertiary/aromatic N) is 3. The Balaban J connectivity index is 1.74. The molecule has 26 heavy (non-hydrogen) atoms. The number of amides is 1. The Morgan fingerprint density at radius 2 is 2.12 bits per heavy atom. The number of aromatic nitrogens is 3. The van der Waals surface area contributed by atoms with Crippen molar-refractivity contribution in [1.82, 2.24) is 20.1 Å². The van der Waals surface area contributed by atoms with E-state index < -0.39 is 0 Å². The topological polar surface area (TPSA) is 69.0 Å². The molecule has 0 bridgehead atoms. The predicted molar refractivity (Wildman–Crippen MR) is 99.9 cm³/mol. The predicted octanol–water partition coefficient (Wildman–Crippen LogP) is 2.71. The van der Waals surface area contributed by atoms with Gasteiger partial charge in [0.15, 0.2) is 0 Å². The molecule has 134 valence electrons. The smallest absolute Gasteiger partial charge is 0.252 e. The van der Waals surface area contributed by atoms with Gasteiger partial charge in [0.25, 0.3) is 5.91 Å². The minimum Gasteiger partial charge on any atom is -0.380 e. The van der Waals surface area contributed by atoms with E-state index in [4.69, 9.17) is 9.72 Å². The molecule has 6 nitrogen and oxygen atoms in total. The van der Waals surface area contributed by atoms with E-state index >= 15 is 0 Å². The zero-order valence-corrected chi connectivity index (χ0v) is 15.2. The number of fused-ring (bicyclic) bond motifs is 1. The van der Waals surface area contributed by atoms with Gasteiger partial charge in [-0.3, -0.25) is 9.48 Å². The van der Waals surface area contributed by atoms with Crippen LogP contribution in [0.2, 0.25) is 0 Å². The molecule has 0 radical (unpaired) electrons. The normalized spacial score (nSPS) is 15.7. The Morgan fingerprint density at radius 1 is 1.35 bits per heavy atom. The van der Waals surface area contributed by atoms with Gasteiger partial charge >= 0.3 is 0 Å². The van der Waals surface area contributed by atoms with Crippen molar-refractivity contribution >= 4 is 16.8 Å². The van der Waals surface area contributed by atoms with Crippen LogP contribution >= 0.6 is 0 Å². The van der Waals surface area contributed by atoms with E-state index in [1.54, 1.807) is 4.68 Å². The molecule has 0 unspecified atom stereocenters. The summed E-state index contributed by atoms with van der Waals surface area (Å²) in [4.78, 5) is 17.7. The molecule has 3 aromatic rings. The molecule has 0 saturated carbocycles. The SMILES string of the molecule is Cc1nn(C)cc1-c1cc(C(=O)NCC2(C)COC2)c2ccccc2n1. The molecule has 1 saturated heterocycles. The van der Waals surface area contributed by atoms with Crippen LogP contribution in [-0.4, -0.2) is 40.4 Å². The highest BCUT2D eigenvalue weighted by Gasteiger charge is 2.33. The highest BCUT2D eigenvalue weighted by Crippen LogP contribution is 2.28. The number of hydrogen-bond acceptors (Lipinski definition) is 4. The first-order chi connectivity index (χ1) is 12.5. The summed E-state index contributed by atoms with van der Waals surface area (Å²) < 4.78 is 7.03. The number of rotatable bonds is 4. The van der Waals surface area contributed by atoms with Crippen molar-refractivity contribution in [2.24, 2.45) is 12.5 Å². The lowest BCUT2D eigenvalue weighted by atomic mass is 9.88. The molecule has 1 aliphatic rings. The molecule has 1 fully saturated rings. The molecular formula is C20H22N4O2. The summed E-state index contributed by atoms with van der Waals surface area (Å²) in [6.07, 6.45) is 1.93. The van der Waals surface area contributed by atoms with Crippen LogP contribution in [-0.2, 0) is 11.8 Å². The number of para-hydroxylation sites is 1. The maximum Gasteiger partial charge on any atom is 0.252 e. The summed E-state index contributed by atoms with van der Waals surface area (Å²) in [5, 5.41) is 8.31. The Morgan fingerprint density at radius 3 is 2.77 bits per heavy atom. The first-order valence-electron chi connectivity index (χ1n) is 8.72. The monoisotopic (exact) mass is 350 g/mol. The molecule has 3 heterocycles. The highest BCUT2D eigenvalue weighted by molar-refractivity contribution is 6.07. The summed E-state index contributed by atoms with van der Waals surface area (Å²) >= 11 is 0. The Kier molecular flexibility index (Phi) is 4.00. The van der Waals surface area contributed by atoms with Crippen LogP contribution in [0.25, 0.3) is 22.2 Å². The number of carbonyl (C=O) groups excluding carboxylic acids is 1. The van der Waals surface area contributed by atoms with Crippen LogP contribution in [0.4, 0.5) is 0 Å². The van der Waals surface area contributed by atoms with Crippen LogP contribution in [0.15, 0.2) is 36.5 Å². The van der Waals surface area contributed by atoms with E-state index in [0.29, 0.717) is 25.3 Å². The number of pyridine rings is 1. The van der Waals surface area contributed by atoms with Crippen molar-refractivity contribution in [3.05, 3.63) is 47.8 Å². The van der Waals surface area contributed by atoms with Gasteiger partial charge in [-0.25, -0.2) is 4.98 Å². The van der Waals surface area contributed by atoms with Crippen LogP contribution in [0, 0.1) is 12.3 Å². The molecule has 1 amide bonds. The molecule has 0 spiro atoms. The second-order valence-corrected chi connectivity index (χ2v) is 7.36. The fourth-order valence-corrected chi connectivity index (χ4v) is 3.29. The van der Waals surface area contributed by atoms with Crippen LogP contribution in [0.1, 0.15) is 23.0 Å². The number of benzene rings is 1. The molecule has 1 aromatic carbocycles. The minimum absolute atomic E-state index is 0.0290. The summed E-state index contributed by atoms with van der Waals surface area (Å²) in [6, 6.07) is 9.59. The van der Waals surface area contributed by atoms with E-state index in [0.717, 1.165) is 27.9 Å². The van der Waals surface area contributed by atoms with Gasteiger partial charge in [0, 0.05) is 36.2 Å². The number of ether oxygens (including phenoxy) is 1. The lowest BCUT2D eigenvalue weighted by molar-refractivity contribution is -0.0978. The average molecular weight is 350 g/mol. The van der Waals surface area contributed by atoms with Gasteiger partial charge in [0.1, 0.15) is 0 Å². The van der Waals surface area contributed by atoms with Gasteiger partial charge in [-0.1, -0.05) is 25.1 Å². The maximum atomic E-state index is 12.9. The fraction of sp³-hybridized carbons (Fsp3) is 0.350. The van der Waals surface area contributed by atoms with Crippen molar-refractivity contribution in [3.8, 4) is 11.3 Å². The summed E-state index contributed by atoms with van der Waals surface area (Å²) in [7, 11) is 1.88. The molecule has 4 rings (SSSR count). The van der Waals surface area contributed by atoms with E-state index in [-0.39, 0.29) is 11.3 Å². The number of aryl methyl sites for hydroxylation is 2. The van der Waals surface area contributed by atoms with Crippen LogP contribution in [0.3, 0.4) is 0 Å². The third-order valence-electron chi connectivity index (χ3n) is 4.83. The van der Waals surface area contributed by atoms with E-state index in [1.807, 2.05) is 50.5 Å². The van der Waals surface area contributed by atoms with Crippen molar-refractivity contribution in [2.45, 2.75) is 13.8 Å². The average Bonchev–Trinajstić information content (AvgIpc) is 2.95. The zero-order valence-electron chi connectivity index (χ0n) is 15.2. The third-order valence-corrected chi connectivity index (χ3v) is 4.83. The lowest BCUT2D eigenvalue weighted by Gasteiger charge is -2.38. The highest BCUT2D eigenvalue weighted by atomic mass is 16.5. The summed E-state index contributed by atoms with van der Waals surface area (Å²) in [5.74, 6) is -0.0838. The molecule has 0 atom stereocenters. The van der Waals surface area contributed by atoms with Gasteiger partial charge in [-0.05, 0) is 19.1 Å². The fourth-order valence-electron chi connectivity index (χ4n) is 3.29. The molecule has 1 aliphatic heterocycles. The molecular weight excluding hydrogens is 328 g/mol. The molecule has 2 aromatic heterocycles. The van der Waals surface area contributed by atoms with Crippen molar-refractivity contribution in [1.29, 1.82) is 0 Å². The lowest BCUT2D eigenvalue weighted by Crippen LogP contribution is -2.48. The Bertz CT molecular complexity index is 989. The van der Waals surface area contributed by atoms with E-state index in [9.17, 15) is 4.79 Å². The van der Waals surface area contributed by atoms with Crippen molar-refractivity contribution in [3.63, 3.8) is 0 Å². The van der Waals surface area contributed by atoms with Gasteiger partial charge in [0.2, 0.25) is 0 Å². The zero-order chi connectivity index (χ0) is 18.3. The van der Waals surface area contributed by atoms with Crippen LogP contribution in [0.5, 0.6) is 0 Å². The maximum absolute atomic E-state index is 12.9. The van der Waals surface area contributed by atoms with Crippen molar-refractivity contribution in [2.75, 3.05) is 19.8 Å². The quantitative estimate of drug-likeness (QED) is 0.785. The van der Waals surface area contributed by atoms with Gasteiger partial charge in [-0.2, -0.15) is 5.10 Å². The standard InChI is InChI=1S/C20H22N4O2/c1-13-16(9-24(3)23-13)18-8-15(14-6-4-5-7-17(14)22-18)19(25)21-10-20(2)11-26-12-20/h4-9H,10-12H2,1-3H3,(H,21,25). The van der Waals surface area contributed by atoms with Gasteiger partial charge in [0.05, 0.1) is 35.7 Å². The largest absolute Gasteiger partial charge is 0.380 e. The second kappa shape index (κ2) is 6.21. The van der Waals surface area contributed by atoms with Crippen LogP contribution < -0.4 is 5.32 Å². The number of hydrogen-bond donors (Lipinski definition) is 1. The third kappa shape index (κ3) is 2.97. The first-order valence-corrected chi connectivity index (χ1v) is 8.72. The molecule has 1 N–H and O–H groups in total. The Hall–Kier alpha value is -2.73. The number of nitrogens with one attached hydrogen (secondary N) is 1. The van der Waals surface area contributed by atoms with E-state index in [2.05, 4.69) is 17.3 Å².